The molecule has 0 unspecified atom stereocenters. The number of anilines is 2. The molecule has 0 fully saturated rings. The number of benzene rings is 2. The Hall–Kier alpha value is -2.27. The molecule has 3 rings (SSSR count). The number of unbranched alkanes of at least 4 members (excludes halogenated alkanes) is 2. The monoisotopic (exact) mass is 441 g/mol. The molecular weight excluding hydrogens is 406 g/mol. The summed E-state index contributed by atoms with van der Waals surface area (Å²) in [5.74, 6) is 0.715. The lowest BCUT2D eigenvalue weighted by Crippen LogP contribution is -2.38. The minimum Gasteiger partial charge on any atom is -0.496 e. The van der Waals surface area contributed by atoms with E-state index in [-0.39, 0.29) is 11.2 Å². The van der Waals surface area contributed by atoms with E-state index in [0.29, 0.717) is 17.2 Å². The van der Waals surface area contributed by atoms with Gasteiger partial charge in [-0.05, 0) is 31.0 Å². The zero-order valence-electron chi connectivity index (χ0n) is 19.1. The van der Waals surface area contributed by atoms with Gasteiger partial charge in [0.05, 0.1) is 23.4 Å². The molecule has 0 saturated carbocycles. The first-order chi connectivity index (χ1) is 14.9. The third kappa shape index (κ3) is 4.98. The molecule has 4 nitrogen and oxygen atoms in total. The fourth-order valence-corrected chi connectivity index (χ4v) is 6.79. The van der Waals surface area contributed by atoms with Crippen LogP contribution in [0.1, 0.15) is 57.9 Å². The molecule has 0 N–H and O–H groups in total. The Bertz CT molecular complexity index is 991. The molecule has 5 heteroatoms. The van der Waals surface area contributed by atoms with Crippen molar-refractivity contribution in [1.82, 2.24) is 0 Å². The molecule has 0 aliphatic carbocycles. The molecule has 0 amide bonds. The second-order valence-electron chi connectivity index (χ2n) is 8.65. The summed E-state index contributed by atoms with van der Waals surface area (Å²) < 4.78 is 33.0. The predicted octanol–water partition coefficient (Wildman–Crippen LogP) is 6.63. The molecule has 1 heterocycles. The van der Waals surface area contributed by atoms with Gasteiger partial charge >= 0.3 is 0 Å². The molecule has 2 aromatic rings. The van der Waals surface area contributed by atoms with Crippen molar-refractivity contribution in [3.63, 3.8) is 0 Å². The molecule has 0 saturated heterocycles. The van der Waals surface area contributed by atoms with Crippen LogP contribution in [-0.4, -0.2) is 27.8 Å². The van der Waals surface area contributed by atoms with Crippen LogP contribution in [0.4, 0.5) is 11.4 Å². The Morgan fingerprint density at radius 3 is 2.29 bits per heavy atom. The lowest BCUT2D eigenvalue weighted by molar-refractivity contribution is 0.270. The summed E-state index contributed by atoms with van der Waals surface area (Å²) >= 11 is 0. The zero-order chi connectivity index (χ0) is 22.5. The van der Waals surface area contributed by atoms with Crippen LogP contribution in [0, 0.1) is 5.41 Å². The number of ether oxygens (including phenoxy) is 1. The Balaban J connectivity index is 2.26. The average molecular weight is 442 g/mol. The maximum Gasteiger partial charge on any atom is 0.181 e. The molecule has 168 valence electrons. The highest BCUT2D eigenvalue weighted by atomic mass is 32.2. The van der Waals surface area contributed by atoms with Crippen LogP contribution >= 0.6 is 0 Å². The van der Waals surface area contributed by atoms with E-state index >= 15 is 0 Å². The molecule has 1 aliphatic rings. The quantitative estimate of drug-likeness (QED) is 0.438. The number of sulfone groups is 1. The topological polar surface area (TPSA) is 46.6 Å². The van der Waals surface area contributed by atoms with Crippen molar-refractivity contribution in [3.05, 3.63) is 54.6 Å². The molecule has 1 aliphatic heterocycles. The van der Waals surface area contributed by atoms with Crippen molar-refractivity contribution in [2.75, 3.05) is 24.3 Å². The fraction of sp³-hybridized carbons (Fsp3) is 0.462. The Labute approximate surface area is 187 Å². The second kappa shape index (κ2) is 9.90. The van der Waals surface area contributed by atoms with Crippen LogP contribution in [-0.2, 0) is 9.84 Å². The molecule has 0 atom stereocenters. The second-order valence-corrected chi connectivity index (χ2v) is 10.6. The summed E-state index contributed by atoms with van der Waals surface area (Å²) in [5, 5.41) is 0. The summed E-state index contributed by atoms with van der Waals surface area (Å²) in [5.41, 5.74) is 2.24. The summed E-state index contributed by atoms with van der Waals surface area (Å²) in [6, 6.07) is 13.7. The number of para-hydroxylation sites is 1. The maximum absolute atomic E-state index is 13.8. The van der Waals surface area contributed by atoms with E-state index in [1.807, 2.05) is 24.3 Å². The van der Waals surface area contributed by atoms with Crippen LogP contribution in [0.5, 0.6) is 5.75 Å². The van der Waals surface area contributed by atoms with E-state index in [9.17, 15) is 8.42 Å². The highest BCUT2D eigenvalue weighted by molar-refractivity contribution is 7.91. The van der Waals surface area contributed by atoms with Gasteiger partial charge in [0.15, 0.2) is 9.84 Å². The van der Waals surface area contributed by atoms with Crippen LogP contribution in [0.15, 0.2) is 53.9 Å². The molecule has 0 aromatic heterocycles. The Kier molecular flexibility index (Phi) is 7.47. The van der Waals surface area contributed by atoms with Gasteiger partial charge in [-0.3, -0.25) is 0 Å². The predicted molar refractivity (Wildman–Crippen MR) is 130 cm³/mol. The highest BCUT2D eigenvalue weighted by Crippen LogP contribution is 2.46. The molecule has 31 heavy (non-hydrogen) atoms. The first kappa shape index (κ1) is 23.4. The number of methoxy groups -OCH3 is 1. The standard InChI is InChI=1S/C26H35NO3S/c1-5-8-15-26(16-9-6-2)19-27(22-13-11-10-12-14-22)23-17-21(7-3)24(30-4)18-25(23)31(28,29)20-26/h7,10-14,17-18H,3,5-6,8-9,15-16,19-20H2,1-2,4H3. The van der Waals surface area contributed by atoms with Crippen molar-refractivity contribution in [2.24, 2.45) is 5.41 Å². The maximum atomic E-state index is 13.8. The minimum atomic E-state index is -3.50. The zero-order valence-corrected chi connectivity index (χ0v) is 19.9. The average Bonchev–Trinajstić information content (AvgIpc) is 2.88. The molecule has 0 spiro atoms. The smallest absolute Gasteiger partial charge is 0.181 e. The van der Waals surface area contributed by atoms with Gasteiger partial charge in [0.2, 0.25) is 0 Å². The van der Waals surface area contributed by atoms with Crippen molar-refractivity contribution < 1.29 is 13.2 Å². The molecule has 0 bridgehead atoms. The van der Waals surface area contributed by atoms with Gasteiger partial charge in [-0.25, -0.2) is 8.42 Å². The Morgan fingerprint density at radius 2 is 1.74 bits per heavy atom. The van der Waals surface area contributed by atoms with E-state index < -0.39 is 9.84 Å². The Morgan fingerprint density at radius 1 is 1.10 bits per heavy atom. The van der Waals surface area contributed by atoms with Gasteiger partial charge in [-0.1, -0.05) is 70.4 Å². The van der Waals surface area contributed by atoms with Gasteiger partial charge in [0.1, 0.15) is 5.75 Å². The molecule has 0 radical (unpaired) electrons. The summed E-state index contributed by atoms with van der Waals surface area (Å²) in [4.78, 5) is 2.56. The third-order valence-electron chi connectivity index (χ3n) is 6.34. The van der Waals surface area contributed by atoms with Gasteiger partial charge in [-0.15, -0.1) is 0 Å². The van der Waals surface area contributed by atoms with E-state index in [0.717, 1.165) is 55.5 Å². The van der Waals surface area contributed by atoms with Crippen LogP contribution < -0.4 is 9.64 Å². The van der Waals surface area contributed by atoms with Crippen molar-refractivity contribution >= 4 is 27.3 Å². The number of fused-ring (bicyclic) bond motifs is 1. The molecular formula is C26H35NO3S. The summed E-state index contributed by atoms with van der Waals surface area (Å²) in [6.45, 7) is 8.93. The minimum absolute atomic E-state index is 0.174. The largest absolute Gasteiger partial charge is 0.496 e. The molecule has 2 aromatic carbocycles. The lowest BCUT2D eigenvalue weighted by Gasteiger charge is -2.37. The first-order valence-corrected chi connectivity index (χ1v) is 12.9. The number of hydrogen-bond donors (Lipinski definition) is 0. The van der Waals surface area contributed by atoms with E-state index in [1.54, 1.807) is 19.3 Å². The number of hydrogen-bond acceptors (Lipinski definition) is 4. The number of nitrogens with zero attached hydrogens (tertiary/aromatic N) is 1. The van der Waals surface area contributed by atoms with Gasteiger partial charge in [0.25, 0.3) is 0 Å². The summed E-state index contributed by atoms with van der Waals surface area (Å²) in [7, 11) is -1.93. The van der Waals surface area contributed by atoms with Gasteiger partial charge in [-0.2, -0.15) is 0 Å². The lowest BCUT2D eigenvalue weighted by atomic mass is 9.79. The van der Waals surface area contributed by atoms with Gasteiger partial charge in [0, 0.05) is 29.3 Å². The number of rotatable bonds is 9. The van der Waals surface area contributed by atoms with E-state index in [2.05, 4.69) is 37.5 Å². The van der Waals surface area contributed by atoms with Crippen molar-refractivity contribution in [3.8, 4) is 5.75 Å². The van der Waals surface area contributed by atoms with Crippen molar-refractivity contribution in [2.45, 2.75) is 57.3 Å². The van der Waals surface area contributed by atoms with Crippen molar-refractivity contribution in [1.29, 1.82) is 0 Å². The van der Waals surface area contributed by atoms with Crippen LogP contribution in [0.25, 0.3) is 6.08 Å². The first-order valence-electron chi connectivity index (χ1n) is 11.3. The normalized spacial score (nSPS) is 16.9. The fourth-order valence-electron chi connectivity index (χ4n) is 4.68. The van der Waals surface area contributed by atoms with Crippen LogP contribution in [0.2, 0.25) is 0 Å². The van der Waals surface area contributed by atoms with E-state index in [1.165, 1.54) is 0 Å². The SMILES string of the molecule is C=Cc1cc2c(cc1OC)S(=O)(=O)CC(CCCC)(CCCC)CN2c1ccccc1. The van der Waals surface area contributed by atoms with Crippen LogP contribution in [0.3, 0.4) is 0 Å². The third-order valence-corrected chi connectivity index (χ3v) is 8.33. The summed E-state index contributed by atoms with van der Waals surface area (Å²) in [6.07, 6.45) is 7.71. The van der Waals surface area contributed by atoms with Gasteiger partial charge < -0.3 is 9.64 Å². The van der Waals surface area contributed by atoms with E-state index in [4.69, 9.17) is 4.74 Å². The highest BCUT2D eigenvalue weighted by Gasteiger charge is 2.42.